The van der Waals surface area contributed by atoms with Gasteiger partial charge < -0.3 is 10.6 Å². The number of halogens is 1. The van der Waals surface area contributed by atoms with Crippen LogP contribution in [0, 0.1) is 11.3 Å². The van der Waals surface area contributed by atoms with Gasteiger partial charge >= 0.3 is 0 Å². The highest BCUT2D eigenvalue weighted by molar-refractivity contribution is 6.30. The number of hydrogen-bond donors (Lipinski definition) is 2. The Kier molecular flexibility index (Phi) is 5.91. The number of benzene rings is 1. The van der Waals surface area contributed by atoms with Crippen molar-refractivity contribution in [1.29, 1.82) is 5.26 Å². The Balaban J connectivity index is 2.69. The summed E-state index contributed by atoms with van der Waals surface area (Å²) in [5, 5.41) is 15.2. The smallest absolute Gasteiger partial charge is 0.263 e. The lowest BCUT2D eigenvalue weighted by molar-refractivity contribution is -0.117. The molecule has 1 amide bonds. The second-order valence-corrected chi connectivity index (χ2v) is 4.54. The SMILES string of the molecule is CCC(C)NC(=O)/C(C#N)=C\Nc1ccc(Cl)cc1. The van der Waals surface area contributed by atoms with Gasteiger partial charge in [-0.1, -0.05) is 18.5 Å². The summed E-state index contributed by atoms with van der Waals surface area (Å²) in [6, 6.07) is 8.89. The topological polar surface area (TPSA) is 64.9 Å². The van der Waals surface area contributed by atoms with Crippen LogP contribution < -0.4 is 10.6 Å². The molecule has 0 aliphatic rings. The first-order chi connectivity index (χ1) is 9.06. The highest BCUT2D eigenvalue weighted by atomic mass is 35.5. The molecule has 1 rings (SSSR count). The van der Waals surface area contributed by atoms with Crippen LogP contribution in [0.15, 0.2) is 36.0 Å². The van der Waals surface area contributed by atoms with Crippen molar-refractivity contribution in [3.8, 4) is 6.07 Å². The van der Waals surface area contributed by atoms with E-state index in [4.69, 9.17) is 16.9 Å². The van der Waals surface area contributed by atoms with E-state index in [9.17, 15) is 4.79 Å². The van der Waals surface area contributed by atoms with Gasteiger partial charge in [0.15, 0.2) is 0 Å². The number of nitriles is 1. The van der Waals surface area contributed by atoms with Crippen molar-refractivity contribution in [2.75, 3.05) is 5.32 Å². The van der Waals surface area contributed by atoms with Crippen LogP contribution in [0.1, 0.15) is 20.3 Å². The third-order valence-corrected chi connectivity index (χ3v) is 2.83. The molecule has 0 fully saturated rings. The van der Waals surface area contributed by atoms with E-state index in [1.807, 2.05) is 19.9 Å². The summed E-state index contributed by atoms with van der Waals surface area (Å²) in [5.41, 5.74) is 0.795. The second kappa shape index (κ2) is 7.45. The fraction of sp³-hybridized carbons (Fsp3) is 0.286. The van der Waals surface area contributed by atoms with Gasteiger partial charge in [0.25, 0.3) is 5.91 Å². The Hall–Kier alpha value is -1.99. The summed E-state index contributed by atoms with van der Waals surface area (Å²) >= 11 is 5.77. The molecule has 1 unspecified atom stereocenters. The first-order valence-electron chi connectivity index (χ1n) is 6.00. The van der Waals surface area contributed by atoms with Crippen molar-refractivity contribution in [1.82, 2.24) is 5.32 Å². The summed E-state index contributed by atoms with van der Waals surface area (Å²) in [6.45, 7) is 3.85. The third kappa shape index (κ3) is 5.02. The van der Waals surface area contributed by atoms with Crippen LogP contribution in [0.5, 0.6) is 0 Å². The van der Waals surface area contributed by atoms with Crippen LogP contribution in [0.4, 0.5) is 5.69 Å². The summed E-state index contributed by atoms with van der Waals surface area (Å²) in [4.78, 5) is 11.8. The molecular formula is C14H16ClN3O. The predicted octanol–water partition coefficient (Wildman–Crippen LogP) is 3.07. The normalized spacial score (nSPS) is 12.4. The number of rotatable bonds is 5. The largest absolute Gasteiger partial charge is 0.360 e. The first-order valence-corrected chi connectivity index (χ1v) is 6.37. The third-order valence-electron chi connectivity index (χ3n) is 2.58. The van der Waals surface area contributed by atoms with Crippen LogP contribution in [-0.4, -0.2) is 11.9 Å². The minimum Gasteiger partial charge on any atom is -0.360 e. The van der Waals surface area contributed by atoms with Gasteiger partial charge in [-0.05, 0) is 37.6 Å². The highest BCUT2D eigenvalue weighted by Gasteiger charge is 2.10. The Bertz CT molecular complexity index is 502. The number of carbonyl (C=O) groups excluding carboxylic acids is 1. The Morgan fingerprint density at radius 2 is 2.11 bits per heavy atom. The Morgan fingerprint density at radius 3 is 2.63 bits per heavy atom. The van der Waals surface area contributed by atoms with Crippen LogP contribution in [-0.2, 0) is 4.79 Å². The van der Waals surface area contributed by atoms with Gasteiger partial charge in [0.1, 0.15) is 11.6 Å². The molecule has 0 aliphatic carbocycles. The maximum Gasteiger partial charge on any atom is 0.263 e. The Morgan fingerprint density at radius 1 is 1.47 bits per heavy atom. The van der Waals surface area contributed by atoms with Gasteiger partial charge in [-0.15, -0.1) is 0 Å². The predicted molar refractivity (Wildman–Crippen MR) is 76.7 cm³/mol. The lowest BCUT2D eigenvalue weighted by Gasteiger charge is -2.10. The fourth-order valence-electron chi connectivity index (χ4n) is 1.25. The molecule has 0 saturated carbocycles. The van der Waals surface area contributed by atoms with E-state index in [1.165, 1.54) is 6.20 Å². The van der Waals surface area contributed by atoms with Gasteiger partial charge in [0.05, 0.1) is 0 Å². The number of carbonyl (C=O) groups is 1. The molecule has 2 N–H and O–H groups in total. The molecule has 0 aliphatic heterocycles. The summed E-state index contributed by atoms with van der Waals surface area (Å²) < 4.78 is 0. The molecule has 4 nitrogen and oxygen atoms in total. The van der Waals surface area contributed by atoms with Crippen molar-refractivity contribution in [2.24, 2.45) is 0 Å². The van der Waals surface area contributed by atoms with Crippen molar-refractivity contribution in [3.05, 3.63) is 41.1 Å². The number of hydrogen-bond acceptors (Lipinski definition) is 3. The lowest BCUT2D eigenvalue weighted by atomic mass is 10.2. The first kappa shape index (κ1) is 15.1. The van der Waals surface area contributed by atoms with E-state index < -0.39 is 0 Å². The average molecular weight is 278 g/mol. The van der Waals surface area contributed by atoms with Gasteiger partial charge in [-0.25, -0.2) is 0 Å². The minimum atomic E-state index is -0.377. The van der Waals surface area contributed by atoms with Crippen LogP contribution >= 0.6 is 11.6 Å². The highest BCUT2D eigenvalue weighted by Crippen LogP contribution is 2.13. The number of nitrogens with zero attached hydrogens (tertiary/aromatic N) is 1. The monoisotopic (exact) mass is 277 g/mol. The zero-order valence-corrected chi connectivity index (χ0v) is 11.7. The van der Waals surface area contributed by atoms with E-state index in [-0.39, 0.29) is 17.5 Å². The van der Waals surface area contributed by atoms with E-state index in [2.05, 4.69) is 10.6 Å². The molecule has 1 aromatic carbocycles. The Labute approximate surface area is 118 Å². The number of amides is 1. The minimum absolute atomic E-state index is 0.0373. The molecule has 19 heavy (non-hydrogen) atoms. The molecule has 0 radical (unpaired) electrons. The van der Waals surface area contributed by atoms with Crippen LogP contribution in [0.25, 0.3) is 0 Å². The quantitative estimate of drug-likeness (QED) is 0.642. The zero-order valence-electron chi connectivity index (χ0n) is 10.9. The molecule has 100 valence electrons. The maximum absolute atomic E-state index is 11.8. The van der Waals surface area contributed by atoms with Crippen molar-refractivity contribution in [3.63, 3.8) is 0 Å². The molecule has 5 heteroatoms. The lowest BCUT2D eigenvalue weighted by Crippen LogP contribution is -2.33. The summed E-state index contributed by atoms with van der Waals surface area (Å²) in [5.74, 6) is -0.377. The van der Waals surface area contributed by atoms with Gasteiger partial charge in [-0.2, -0.15) is 5.26 Å². The number of anilines is 1. The van der Waals surface area contributed by atoms with E-state index in [1.54, 1.807) is 24.3 Å². The molecule has 0 aromatic heterocycles. The molecule has 0 bridgehead atoms. The van der Waals surface area contributed by atoms with Crippen LogP contribution in [0.2, 0.25) is 5.02 Å². The van der Waals surface area contributed by atoms with Gasteiger partial charge in [0.2, 0.25) is 0 Å². The van der Waals surface area contributed by atoms with Crippen molar-refractivity contribution in [2.45, 2.75) is 26.3 Å². The van der Waals surface area contributed by atoms with Crippen LogP contribution in [0.3, 0.4) is 0 Å². The second-order valence-electron chi connectivity index (χ2n) is 4.10. The fourth-order valence-corrected chi connectivity index (χ4v) is 1.38. The van der Waals surface area contributed by atoms with E-state index in [0.29, 0.717) is 5.02 Å². The molecule has 0 saturated heterocycles. The zero-order chi connectivity index (χ0) is 14.3. The van der Waals surface area contributed by atoms with Crippen molar-refractivity contribution < 1.29 is 4.79 Å². The van der Waals surface area contributed by atoms with E-state index in [0.717, 1.165) is 12.1 Å². The van der Waals surface area contributed by atoms with Gasteiger partial charge in [-0.3, -0.25) is 4.79 Å². The van der Waals surface area contributed by atoms with Crippen molar-refractivity contribution >= 4 is 23.2 Å². The standard InChI is InChI=1S/C14H16ClN3O/c1-3-10(2)18-14(19)11(8-16)9-17-13-6-4-12(15)5-7-13/h4-7,9-10,17H,3H2,1-2H3,(H,18,19)/b11-9-. The molecular weight excluding hydrogens is 262 g/mol. The molecule has 0 heterocycles. The maximum atomic E-state index is 11.8. The molecule has 1 atom stereocenters. The molecule has 0 spiro atoms. The summed E-state index contributed by atoms with van der Waals surface area (Å²) in [6.07, 6.45) is 2.20. The average Bonchev–Trinajstić information content (AvgIpc) is 2.41. The molecule has 1 aromatic rings. The van der Waals surface area contributed by atoms with E-state index >= 15 is 0 Å². The number of nitrogens with one attached hydrogen (secondary N) is 2. The summed E-state index contributed by atoms with van der Waals surface area (Å²) in [7, 11) is 0. The van der Waals surface area contributed by atoms with Gasteiger partial charge in [0, 0.05) is 23.0 Å².